The van der Waals surface area contributed by atoms with Crippen molar-refractivity contribution in [3.05, 3.63) is 0 Å². The molecule has 0 spiro atoms. The third-order valence-electron chi connectivity index (χ3n) is 1.32. The standard InChI is InChI=1S/2C4H8O2.C3H8N2/c2*1-3(2)4(5)6;1-2-3-5-4/h2*3H,1-2H3,(H,5,6);4H,2-3H2,1H3. The van der Waals surface area contributed by atoms with Gasteiger partial charge in [-0.15, -0.1) is 0 Å². The number of nitrogens with zero attached hydrogens (tertiary/aromatic N) is 1. The van der Waals surface area contributed by atoms with Crippen molar-refractivity contribution in [3.8, 4) is 0 Å². The molecule has 6 heteroatoms. The Morgan fingerprint density at radius 1 is 1.06 bits per heavy atom. The van der Waals surface area contributed by atoms with Crippen molar-refractivity contribution in [2.45, 2.75) is 41.0 Å². The van der Waals surface area contributed by atoms with E-state index >= 15 is 0 Å². The van der Waals surface area contributed by atoms with Crippen LogP contribution in [0.15, 0.2) is 5.11 Å². The number of aliphatic carboxylic acids is 2. The lowest BCUT2D eigenvalue weighted by Gasteiger charge is -1.89. The summed E-state index contributed by atoms with van der Waals surface area (Å²) in [7, 11) is 0. The lowest BCUT2D eigenvalue weighted by Crippen LogP contribution is -2.03. The van der Waals surface area contributed by atoms with E-state index in [0.717, 1.165) is 6.42 Å². The molecule has 3 N–H and O–H groups in total. The Morgan fingerprint density at radius 3 is 1.29 bits per heavy atom. The minimum atomic E-state index is -0.741. The van der Waals surface area contributed by atoms with Gasteiger partial charge < -0.3 is 10.2 Å². The summed E-state index contributed by atoms with van der Waals surface area (Å²) in [6.45, 7) is 9.24. The van der Waals surface area contributed by atoms with Gasteiger partial charge in [0.1, 0.15) is 0 Å². The molecule has 0 aliphatic rings. The Balaban J connectivity index is -0.000000174. The molecule has 0 unspecified atom stereocenters. The van der Waals surface area contributed by atoms with E-state index in [1.165, 1.54) is 0 Å². The second-order valence-electron chi connectivity index (χ2n) is 3.87. The lowest BCUT2D eigenvalue weighted by atomic mass is 10.2. The van der Waals surface area contributed by atoms with Crippen molar-refractivity contribution < 1.29 is 19.8 Å². The Labute approximate surface area is 103 Å². The van der Waals surface area contributed by atoms with Gasteiger partial charge in [-0.25, -0.2) is 5.53 Å². The van der Waals surface area contributed by atoms with E-state index in [0.29, 0.717) is 6.54 Å². The first-order valence-corrected chi connectivity index (χ1v) is 5.49. The molecule has 0 fully saturated rings. The molecule has 0 bridgehead atoms. The van der Waals surface area contributed by atoms with Crippen molar-refractivity contribution in [1.82, 2.24) is 0 Å². The van der Waals surface area contributed by atoms with Gasteiger partial charge in [-0.1, -0.05) is 34.6 Å². The minimum absolute atomic E-state index is 0.231. The molecular weight excluding hydrogens is 224 g/mol. The van der Waals surface area contributed by atoms with Gasteiger partial charge in [-0.3, -0.25) is 9.59 Å². The normalized spacial score (nSPS) is 8.65. The zero-order valence-electron chi connectivity index (χ0n) is 11.2. The summed E-state index contributed by atoms with van der Waals surface area (Å²) >= 11 is 0. The van der Waals surface area contributed by atoms with Crippen LogP contribution in [0, 0.1) is 17.4 Å². The topological polar surface area (TPSA) is 111 Å². The molecule has 0 atom stereocenters. The predicted octanol–water partition coefficient (Wildman–Crippen LogP) is 2.88. The Kier molecular flexibility index (Phi) is 17.9. The van der Waals surface area contributed by atoms with Crippen LogP contribution in [-0.2, 0) is 9.59 Å². The molecule has 0 saturated carbocycles. The van der Waals surface area contributed by atoms with Crippen LogP contribution in [0.25, 0.3) is 0 Å². The zero-order valence-corrected chi connectivity index (χ0v) is 11.2. The van der Waals surface area contributed by atoms with E-state index in [1.807, 2.05) is 6.92 Å². The van der Waals surface area contributed by atoms with E-state index in [4.69, 9.17) is 15.7 Å². The first kappa shape index (κ1) is 20.9. The molecule has 0 heterocycles. The van der Waals surface area contributed by atoms with Crippen molar-refractivity contribution in [2.24, 2.45) is 17.0 Å². The first-order valence-electron chi connectivity index (χ1n) is 5.49. The average molecular weight is 248 g/mol. The maximum Gasteiger partial charge on any atom is 0.305 e. The van der Waals surface area contributed by atoms with Gasteiger partial charge >= 0.3 is 11.9 Å². The summed E-state index contributed by atoms with van der Waals surface area (Å²) in [4.78, 5) is 19.4. The molecule has 0 aliphatic carbocycles. The predicted molar refractivity (Wildman–Crippen MR) is 65.3 cm³/mol. The molecule has 0 amide bonds. The molecule has 0 rings (SSSR count). The molecule has 6 nitrogen and oxygen atoms in total. The van der Waals surface area contributed by atoms with Gasteiger partial charge in [-0.2, -0.15) is 5.11 Å². The van der Waals surface area contributed by atoms with Crippen LogP contribution in [0.3, 0.4) is 0 Å². The van der Waals surface area contributed by atoms with E-state index in [2.05, 4.69) is 5.11 Å². The third-order valence-corrected chi connectivity index (χ3v) is 1.32. The summed E-state index contributed by atoms with van der Waals surface area (Å²) in [5.41, 5.74) is 6.23. The summed E-state index contributed by atoms with van der Waals surface area (Å²) in [6, 6.07) is 0. The average Bonchev–Trinajstić information content (AvgIpc) is 2.20. The smallest absolute Gasteiger partial charge is 0.305 e. The first-order chi connectivity index (χ1) is 7.70. The maximum absolute atomic E-state index is 9.70. The molecule has 0 aliphatic heterocycles. The highest BCUT2D eigenvalue weighted by atomic mass is 16.4. The number of nitrogens with one attached hydrogen (secondary N) is 1. The summed E-state index contributed by atoms with van der Waals surface area (Å²) in [5, 5.41) is 19.1. The quantitative estimate of drug-likeness (QED) is 0.664. The van der Waals surface area contributed by atoms with Crippen molar-refractivity contribution in [2.75, 3.05) is 6.54 Å². The second kappa shape index (κ2) is 14.5. The van der Waals surface area contributed by atoms with Crippen molar-refractivity contribution in [3.63, 3.8) is 0 Å². The molecule has 0 aromatic carbocycles. The van der Waals surface area contributed by atoms with Gasteiger partial charge in [0.05, 0.1) is 18.4 Å². The Morgan fingerprint density at radius 2 is 1.29 bits per heavy atom. The van der Waals surface area contributed by atoms with Crippen molar-refractivity contribution >= 4 is 11.9 Å². The SMILES string of the molecule is CC(C)C(=O)O.CC(C)C(=O)O.CCCN=N. The van der Waals surface area contributed by atoms with Crippen LogP contribution in [0.4, 0.5) is 0 Å². The summed E-state index contributed by atoms with van der Waals surface area (Å²) in [5.74, 6) is -1.94. The van der Waals surface area contributed by atoms with Gasteiger partial charge in [0.15, 0.2) is 0 Å². The molecule has 102 valence electrons. The maximum atomic E-state index is 9.70. The van der Waals surface area contributed by atoms with Crippen LogP contribution in [-0.4, -0.2) is 28.7 Å². The van der Waals surface area contributed by atoms with E-state index in [9.17, 15) is 9.59 Å². The monoisotopic (exact) mass is 248 g/mol. The number of carbonyl (C=O) groups is 2. The fraction of sp³-hybridized carbons (Fsp3) is 0.818. The van der Waals surface area contributed by atoms with Crippen molar-refractivity contribution in [1.29, 1.82) is 5.53 Å². The van der Waals surface area contributed by atoms with Crippen LogP contribution < -0.4 is 0 Å². The molecule has 0 saturated heterocycles. The summed E-state index contributed by atoms with van der Waals surface area (Å²) < 4.78 is 0. The van der Waals surface area contributed by atoms with Gasteiger partial charge in [0.25, 0.3) is 0 Å². The van der Waals surface area contributed by atoms with Crippen LogP contribution in [0.5, 0.6) is 0 Å². The molecular formula is C11H24N2O4. The minimum Gasteiger partial charge on any atom is -0.481 e. The summed E-state index contributed by atoms with van der Waals surface area (Å²) in [6.07, 6.45) is 0.990. The zero-order chi connectivity index (χ0) is 14.4. The largest absolute Gasteiger partial charge is 0.481 e. The van der Waals surface area contributed by atoms with Crippen LogP contribution in [0.2, 0.25) is 0 Å². The second-order valence-corrected chi connectivity index (χ2v) is 3.87. The van der Waals surface area contributed by atoms with Gasteiger partial charge in [-0.05, 0) is 6.42 Å². The molecule has 0 aromatic heterocycles. The fourth-order valence-corrected chi connectivity index (χ4v) is 0.112. The molecule has 0 aromatic rings. The highest BCUT2D eigenvalue weighted by Gasteiger charge is 1.99. The number of hydrogen-bond acceptors (Lipinski definition) is 4. The number of hydrogen-bond donors (Lipinski definition) is 3. The van der Waals surface area contributed by atoms with Crippen LogP contribution >= 0.6 is 0 Å². The lowest BCUT2D eigenvalue weighted by molar-refractivity contribution is -0.141. The number of carboxylic acids is 2. The number of carboxylic acid groups (broad SMARTS) is 2. The Hall–Kier alpha value is -1.46. The van der Waals surface area contributed by atoms with E-state index in [1.54, 1.807) is 27.7 Å². The van der Waals surface area contributed by atoms with E-state index < -0.39 is 11.9 Å². The number of rotatable bonds is 4. The Bertz CT molecular complexity index is 198. The van der Waals surface area contributed by atoms with Gasteiger partial charge in [0, 0.05) is 0 Å². The highest BCUT2D eigenvalue weighted by Crippen LogP contribution is 1.87. The van der Waals surface area contributed by atoms with Crippen LogP contribution in [0.1, 0.15) is 41.0 Å². The van der Waals surface area contributed by atoms with E-state index in [-0.39, 0.29) is 11.8 Å². The fourth-order valence-electron chi connectivity index (χ4n) is 0.112. The van der Waals surface area contributed by atoms with Gasteiger partial charge in [0.2, 0.25) is 0 Å². The molecule has 0 radical (unpaired) electrons. The molecule has 17 heavy (non-hydrogen) atoms. The third kappa shape index (κ3) is 31.4. The highest BCUT2D eigenvalue weighted by molar-refractivity contribution is 5.69.